The minimum atomic E-state index is -0.561. The van der Waals surface area contributed by atoms with Gasteiger partial charge in [-0.2, -0.15) is 0 Å². The predicted molar refractivity (Wildman–Crippen MR) is 95.9 cm³/mol. The summed E-state index contributed by atoms with van der Waals surface area (Å²) < 4.78 is 6.02. The van der Waals surface area contributed by atoms with Crippen LogP contribution in [0.15, 0.2) is 64.8 Å². The molecule has 0 aliphatic carbocycles. The number of allylic oxidation sites excluding steroid dienone is 1. The Bertz CT molecular complexity index is 813. The Kier molecular flexibility index (Phi) is 6.03. The zero-order chi connectivity index (χ0) is 17.5. The lowest BCUT2D eigenvalue weighted by molar-refractivity contribution is -0.422. The van der Waals surface area contributed by atoms with Crippen LogP contribution in [0.2, 0.25) is 0 Å². The standard InChI is InChI=1S/C18H14BrNO4/c1-13(20(22)23)11-15-12-16(19)8-9-17(15)24-18(21)10-7-14-5-3-2-4-6-14/h2-12H,1H3/b10-7+,13-11+. The fourth-order valence-corrected chi connectivity index (χ4v) is 2.25. The summed E-state index contributed by atoms with van der Waals surface area (Å²) in [4.78, 5) is 22.3. The van der Waals surface area contributed by atoms with E-state index in [0.29, 0.717) is 5.56 Å². The largest absolute Gasteiger partial charge is 0.423 e. The van der Waals surface area contributed by atoms with Gasteiger partial charge in [-0.3, -0.25) is 10.1 Å². The van der Waals surface area contributed by atoms with E-state index in [0.717, 1.165) is 10.0 Å². The van der Waals surface area contributed by atoms with Crippen molar-refractivity contribution in [3.63, 3.8) is 0 Å². The zero-order valence-corrected chi connectivity index (χ0v) is 14.4. The summed E-state index contributed by atoms with van der Waals surface area (Å²) >= 11 is 3.30. The molecule has 6 heteroatoms. The fraction of sp³-hybridized carbons (Fsp3) is 0.0556. The second-order valence-corrected chi connectivity index (χ2v) is 5.81. The second-order valence-electron chi connectivity index (χ2n) is 4.89. The van der Waals surface area contributed by atoms with Crippen molar-refractivity contribution in [3.05, 3.63) is 86.0 Å². The smallest absolute Gasteiger partial charge is 0.336 e. The SMILES string of the molecule is C/C(=C\c1cc(Br)ccc1OC(=O)/C=C/c1ccccc1)[N+](=O)[O-]. The summed E-state index contributed by atoms with van der Waals surface area (Å²) in [5.41, 5.74) is 1.26. The highest BCUT2D eigenvalue weighted by molar-refractivity contribution is 9.10. The molecule has 0 fully saturated rings. The van der Waals surface area contributed by atoms with Crippen LogP contribution < -0.4 is 4.74 Å². The van der Waals surface area contributed by atoms with Crippen LogP contribution in [-0.4, -0.2) is 10.9 Å². The molecule has 122 valence electrons. The molecule has 0 unspecified atom stereocenters. The molecule has 2 rings (SSSR count). The molecule has 0 atom stereocenters. The van der Waals surface area contributed by atoms with Crippen LogP contribution in [0.1, 0.15) is 18.1 Å². The molecule has 0 N–H and O–H groups in total. The van der Waals surface area contributed by atoms with Gasteiger partial charge in [0.15, 0.2) is 0 Å². The molecule has 2 aromatic carbocycles. The number of halogens is 1. The first-order valence-corrected chi connectivity index (χ1v) is 7.82. The fourth-order valence-electron chi connectivity index (χ4n) is 1.87. The molecule has 0 aliphatic heterocycles. The molecule has 2 aromatic rings. The number of nitro groups is 1. The van der Waals surface area contributed by atoms with Crippen molar-refractivity contribution in [2.75, 3.05) is 0 Å². The Morgan fingerprint density at radius 3 is 2.58 bits per heavy atom. The van der Waals surface area contributed by atoms with Crippen molar-refractivity contribution in [1.82, 2.24) is 0 Å². The summed E-state index contributed by atoms with van der Waals surface area (Å²) in [5.74, 6) is -0.309. The molecular weight excluding hydrogens is 374 g/mol. The highest BCUT2D eigenvalue weighted by Gasteiger charge is 2.10. The van der Waals surface area contributed by atoms with Crippen LogP contribution >= 0.6 is 15.9 Å². The van der Waals surface area contributed by atoms with Gasteiger partial charge in [0.1, 0.15) is 5.75 Å². The number of ether oxygens (including phenoxy) is 1. The Morgan fingerprint density at radius 2 is 1.92 bits per heavy atom. The van der Waals surface area contributed by atoms with Gasteiger partial charge in [0.25, 0.3) is 0 Å². The molecule has 5 nitrogen and oxygen atoms in total. The molecule has 0 amide bonds. The monoisotopic (exact) mass is 387 g/mol. The van der Waals surface area contributed by atoms with Crippen LogP contribution in [0.25, 0.3) is 12.2 Å². The first-order chi connectivity index (χ1) is 11.5. The van der Waals surface area contributed by atoms with Crippen LogP contribution in [-0.2, 0) is 4.79 Å². The highest BCUT2D eigenvalue weighted by Crippen LogP contribution is 2.26. The number of hydrogen-bond acceptors (Lipinski definition) is 4. The average Bonchev–Trinajstić information content (AvgIpc) is 2.56. The van der Waals surface area contributed by atoms with Crippen LogP contribution in [0.3, 0.4) is 0 Å². The number of esters is 1. The van der Waals surface area contributed by atoms with Gasteiger partial charge >= 0.3 is 5.97 Å². The van der Waals surface area contributed by atoms with Crippen molar-refractivity contribution in [2.45, 2.75) is 6.92 Å². The van der Waals surface area contributed by atoms with Gasteiger partial charge in [-0.15, -0.1) is 0 Å². The third-order valence-corrected chi connectivity index (χ3v) is 3.54. The quantitative estimate of drug-likeness (QED) is 0.245. The molecule has 0 heterocycles. The van der Waals surface area contributed by atoms with Crippen molar-refractivity contribution in [3.8, 4) is 5.75 Å². The van der Waals surface area contributed by atoms with Gasteiger partial charge in [-0.05, 0) is 29.8 Å². The van der Waals surface area contributed by atoms with Gasteiger partial charge in [0, 0.05) is 29.1 Å². The molecule has 0 saturated heterocycles. The van der Waals surface area contributed by atoms with E-state index < -0.39 is 10.9 Å². The minimum absolute atomic E-state index is 0.0507. The molecule has 0 saturated carbocycles. The van der Waals surface area contributed by atoms with Crippen LogP contribution in [0.4, 0.5) is 0 Å². The molecule has 0 aromatic heterocycles. The zero-order valence-electron chi connectivity index (χ0n) is 12.8. The highest BCUT2D eigenvalue weighted by atomic mass is 79.9. The molecular formula is C18H14BrNO4. The number of hydrogen-bond donors (Lipinski definition) is 0. The molecule has 24 heavy (non-hydrogen) atoms. The van der Waals surface area contributed by atoms with E-state index in [1.165, 1.54) is 19.1 Å². The summed E-state index contributed by atoms with van der Waals surface area (Å²) in [5, 5.41) is 10.8. The molecule has 0 bridgehead atoms. The average molecular weight is 388 g/mol. The van der Waals surface area contributed by atoms with Gasteiger partial charge in [0.2, 0.25) is 5.70 Å². The van der Waals surface area contributed by atoms with E-state index in [1.54, 1.807) is 24.3 Å². The molecule has 0 spiro atoms. The summed E-state index contributed by atoms with van der Waals surface area (Å²) in [6, 6.07) is 14.3. The third kappa shape index (κ3) is 5.17. The Morgan fingerprint density at radius 1 is 1.21 bits per heavy atom. The van der Waals surface area contributed by atoms with Crippen molar-refractivity contribution in [1.29, 1.82) is 0 Å². The molecule has 0 aliphatic rings. The summed E-state index contributed by atoms with van der Waals surface area (Å²) in [6.45, 7) is 1.38. The predicted octanol–water partition coefficient (Wildman–Crippen LogP) is 4.71. The first kappa shape index (κ1) is 17.6. The lowest BCUT2D eigenvalue weighted by Crippen LogP contribution is -2.05. The second kappa shape index (κ2) is 8.21. The number of rotatable bonds is 5. The van der Waals surface area contributed by atoms with Crippen molar-refractivity contribution in [2.24, 2.45) is 0 Å². The van der Waals surface area contributed by atoms with Gasteiger partial charge in [-0.25, -0.2) is 4.79 Å². The normalized spacial score (nSPS) is 11.5. The lowest BCUT2D eigenvalue weighted by Gasteiger charge is -2.06. The van der Waals surface area contributed by atoms with Crippen LogP contribution in [0, 0.1) is 10.1 Å². The van der Waals surface area contributed by atoms with E-state index in [2.05, 4.69) is 15.9 Å². The van der Waals surface area contributed by atoms with Gasteiger partial charge in [-0.1, -0.05) is 46.3 Å². The van der Waals surface area contributed by atoms with Gasteiger partial charge in [0.05, 0.1) is 4.92 Å². The molecule has 0 radical (unpaired) electrons. The Balaban J connectivity index is 2.20. The summed E-state index contributed by atoms with van der Waals surface area (Å²) in [6.07, 6.45) is 4.30. The first-order valence-electron chi connectivity index (χ1n) is 7.03. The maximum Gasteiger partial charge on any atom is 0.336 e. The Hall–Kier alpha value is -2.73. The van der Waals surface area contributed by atoms with Crippen molar-refractivity contribution >= 4 is 34.1 Å². The van der Waals surface area contributed by atoms with Crippen molar-refractivity contribution < 1.29 is 14.5 Å². The lowest BCUT2D eigenvalue weighted by atomic mass is 10.1. The third-order valence-electron chi connectivity index (χ3n) is 3.05. The number of benzene rings is 2. The van der Waals surface area contributed by atoms with E-state index >= 15 is 0 Å². The number of nitrogens with zero attached hydrogens (tertiary/aromatic N) is 1. The van der Waals surface area contributed by atoms with Crippen LogP contribution in [0.5, 0.6) is 5.75 Å². The number of carbonyl (C=O) groups excluding carboxylic acids is 1. The topological polar surface area (TPSA) is 69.4 Å². The maximum atomic E-state index is 12.0. The minimum Gasteiger partial charge on any atom is -0.423 e. The maximum absolute atomic E-state index is 12.0. The van der Waals surface area contributed by atoms with E-state index in [-0.39, 0.29) is 11.4 Å². The number of carbonyl (C=O) groups is 1. The van der Waals surface area contributed by atoms with Gasteiger partial charge < -0.3 is 4.74 Å². The van der Waals surface area contributed by atoms with E-state index in [9.17, 15) is 14.9 Å². The van der Waals surface area contributed by atoms with E-state index in [1.807, 2.05) is 30.3 Å². The summed E-state index contributed by atoms with van der Waals surface area (Å²) in [7, 11) is 0. The Labute approximate surface area is 147 Å². The van der Waals surface area contributed by atoms with E-state index in [4.69, 9.17) is 4.74 Å².